The highest BCUT2D eigenvalue weighted by molar-refractivity contribution is 6.31. The van der Waals surface area contributed by atoms with Gasteiger partial charge in [0.05, 0.1) is 5.57 Å². The molecule has 0 fully saturated rings. The second kappa shape index (κ2) is 7.37. The van der Waals surface area contributed by atoms with Gasteiger partial charge < -0.3 is 9.84 Å². The third-order valence-electron chi connectivity index (χ3n) is 5.15. The molecule has 154 valence electrons. The van der Waals surface area contributed by atoms with Crippen molar-refractivity contribution in [2.75, 3.05) is 0 Å². The fraction of sp³-hybridized carbons (Fsp3) is 0.286. The van der Waals surface area contributed by atoms with Gasteiger partial charge in [0, 0.05) is 22.1 Å². The van der Waals surface area contributed by atoms with Crippen molar-refractivity contribution in [3.63, 3.8) is 0 Å². The maximum atomic E-state index is 14.0. The molecule has 0 aliphatic carbocycles. The second-order valence-electron chi connectivity index (χ2n) is 6.83. The molecule has 0 bridgehead atoms. The standard InChI is InChI=1S/C21H17ClF4O3/c1-3-20(21(24,25)26)17(19(27)28)9-13-8-14(22)10-16(18(13)29-20)11(2)12-4-6-15(23)7-5-12/h4-11H,3H2,1-2H3,(H,27,28). The van der Waals surface area contributed by atoms with E-state index >= 15 is 0 Å². The van der Waals surface area contributed by atoms with Crippen molar-refractivity contribution < 1.29 is 32.2 Å². The zero-order valence-electron chi connectivity index (χ0n) is 15.5. The molecule has 1 N–H and O–H groups in total. The molecule has 3 rings (SSSR count). The monoisotopic (exact) mass is 428 g/mol. The topological polar surface area (TPSA) is 46.5 Å². The predicted molar refractivity (Wildman–Crippen MR) is 101 cm³/mol. The van der Waals surface area contributed by atoms with Crippen molar-refractivity contribution >= 4 is 23.6 Å². The number of alkyl halides is 3. The van der Waals surface area contributed by atoms with E-state index in [0.29, 0.717) is 11.1 Å². The third-order valence-corrected chi connectivity index (χ3v) is 5.36. The van der Waals surface area contributed by atoms with Crippen LogP contribution in [0.4, 0.5) is 17.6 Å². The highest BCUT2D eigenvalue weighted by Crippen LogP contribution is 2.50. The average molecular weight is 429 g/mol. The van der Waals surface area contributed by atoms with Gasteiger partial charge in [-0.05, 0) is 42.3 Å². The van der Waals surface area contributed by atoms with Gasteiger partial charge in [0.25, 0.3) is 0 Å². The second-order valence-corrected chi connectivity index (χ2v) is 7.27. The summed E-state index contributed by atoms with van der Waals surface area (Å²) in [5.74, 6) is -2.73. The smallest absolute Gasteiger partial charge is 0.432 e. The average Bonchev–Trinajstić information content (AvgIpc) is 2.65. The number of hydrogen-bond donors (Lipinski definition) is 1. The third kappa shape index (κ3) is 3.59. The Labute approximate surface area is 169 Å². The van der Waals surface area contributed by atoms with Crippen LogP contribution in [0.25, 0.3) is 6.08 Å². The molecule has 0 amide bonds. The van der Waals surface area contributed by atoms with Crippen LogP contribution in [0.3, 0.4) is 0 Å². The normalized spacial score (nSPS) is 19.8. The van der Waals surface area contributed by atoms with Crippen molar-refractivity contribution in [2.45, 2.75) is 38.0 Å². The summed E-state index contributed by atoms with van der Waals surface area (Å²) >= 11 is 6.15. The molecule has 0 aromatic heterocycles. The summed E-state index contributed by atoms with van der Waals surface area (Å²) in [4.78, 5) is 11.6. The van der Waals surface area contributed by atoms with Gasteiger partial charge in [0.1, 0.15) is 11.6 Å². The van der Waals surface area contributed by atoms with Crippen molar-refractivity contribution in [3.05, 3.63) is 69.5 Å². The van der Waals surface area contributed by atoms with Crippen molar-refractivity contribution in [2.24, 2.45) is 0 Å². The first-order valence-corrected chi connectivity index (χ1v) is 9.18. The van der Waals surface area contributed by atoms with Crippen LogP contribution in [0.1, 0.15) is 42.9 Å². The molecule has 2 unspecified atom stereocenters. The Balaban J connectivity index is 2.24. The minimum atomic E-state index is -4.96. The van der Waals surface area contributed by atoms with Crippen LogP contribution in [0, 0.1) is 5.82 Å². The molecule has 3 nitrogen and oxygen atoms in total. The molecule has 2 aromatic rings. The van der Waals surface area contributed by atoms with Crippen molar-refractivity contribution in [1.82, 2.24) is 0 Å². The van der Waals surface area contributed by atoms with E-state index in [0.717, 1.165) is 6.08 Å². The van der Waals surface area contributed by atoms with E-state index in [-0.39, 0.29) is 16.3 Å². The van der Waals surface area contributed by atoms with Gasteiger partial charge in [-0.3, -0.25) is 0 Å². The number of hydrogen-bond acceptors (Lipinski definition) is 2. The van der Waals surface area contributed by atoms with Crippen molar-refractivity contribution in [1.29, 1.82) is 0 Å². The van der Waals surface area contributed by atoms with Gasteiger partial charge in [-0.15, -0.1) is 0 Å². The molecule has 29 heavy (non-hydrogen) atoms. The summed E-state index contributed by atoms with van der Waals surface area (Å²) < 4.78 is 60.7. The Morgan fingerprint density at radius 3 is 2.38 bits per heavy atom. The lowest BCUT2D eigenvalue weighted by atomic mass is 9.83. The van der Waals surface area contributed by atoms with E-state index in [9.17, 15) is 27.5 Å². The number of rotatable bonds is 4. The van der Waals surface area contributed by atoms with Gasteiger partial charge in [0.15, 0.2) is 0 Å². The Hall–Kier alpha value is -2.54. The SMILES string of the molecule is CCC1(C(F)(F)F)Oc2c(cc(Cl)cc2C(C)c2ccc(F)cc2)C=C1C(=O)O. The first-order chi connectivity index (χ1) is 13.5. The Morgan fingerprint density at radius 2 is 1.86 bits per heavy atom. The Kier molecular flexibility index (Phi) is 5.38. The molecule has 1 aliphatic rings. The summed E-state index contributed by atoms with van der Waals surface area (Å²) in [6.45, 7) is 2.94. The maximum absolute atomic E-state index is 14.0. The van der Waals surface area contributed by atoms with E-state index in [1.165, 1.54) is 43.3 Å². The van der Waals surface area contributed by atoms with Crippen LogP contribution in [0.5, 0.6) is 5.75 Å². The van der Waals surface area contributed by atoms with Crippen LogP contribution in [-0.2, 0) is 4.79 Å². The van der Waals surface area contributed by atoms with Crippen LogP contribution in [-0.4, -0.2) is 22.9 Å². The summed E-state index contributed by atoms with van der Waals surface area (Å²) in [6.07, 6.45) is -4.62. The number of aliphatic carboxylic acids is 1. The van der Waals surface area contributed by atoms with Crippen molar-refractivity contribution in [3.8, 4) is 5.75 Å². The number of fused-ring (bicyclic) bond motifs is 1. The van der Waals surface area contributed by atoms with Gasteiger partial charge in [-0.25, -0.2) is 9.18 Å². The largest absolute Gasteiger partial charge is 0.478 e. The zero-order chi connectivity index (χ0) is 21.6. The van der Waals surface area contributed by atoms with Crippen LogP contribution in [0.2, 0.25) is 5.02 Å². The molecule has 0 radical (unpaired) electrons. The van der Waals surface area contributed by atoms with E-state index < -0.39 is 41.5 Å². The molecule has 0 spiro atoms. The number of ether oxygens (including phenoxy) is 1. The summed E-state index contributed by atoms with van der Waals surface area (Å²) in [5, 5.41) is 9.64. The highest BCUT2D eigenvalue weighted by Gasteiger charge is 2.62. The van der Waals surface area contributed by atoms with Gasteiger partial charge in [-0.2, -0.15) is 13.2 Å². The van der Waals surface area contributed by atoms with Crippen LogP contribution < -0.4 is 4.74 Å². The molecule has 2 aromatic carbocycles. The fourth-order valence-electron chi connectivity index (χ4n) is 3.52. The van der Waals surface area contributed by atoms with Crippen LogP contribution >= 0.6 is 11.6 Å². The lowest BCUT2D eigenvalue weighted by Crippen LogP contribution is -2.54. The molecular formula is C21H17ClF4O3. The maximum Gasteiger partial charge on any atom is 0.432 e. The molecular weight excluding hydrogens is 412 g/mol. The lowest BCUT2D eigenvalue weighted by Gasteiger charge is -2.40. The fourth-order valence-corrected chi connectivity index (χ4v) is 3.76. The van der Waals surface area contributed by atoms with Crippen LogP contribution in [0.15, 0.2) is 42.0 Å². The first kappa shape index (κ1) is 21.2. The van der Waals surface area contributed by atoms with E-state index in [1.54, 1.807) is 6.92 Å². The quantitative estimate of drug-likeness (QED) is 0.589. The number of benzene rings is 2. The number of carboxylic acids is 1. The number of carboxylic acid groups (broad SMARTS) is 1. The van der Waals surface area contributed by atoms with E-state index in [4.69, 9.17) is 16.3 Å². The minimum Gasteiger partial charge on any atom is -0.478 e. The van der Waals surface area contributed by atoms with Gasteiger partial charge in [-0.1, -0.05) is 37.6 Å². The summed E-state index contributed by atoms with van der Waals surface area (Å²) in [7, 11) is 0. The summed E-state index contributed by atoms with van der Waals surface area (Å²) in [6, 6.07) is 8.37. The molecule has 0 saturated heterocycles. The Morgan fingerprint density at radius 1 is 1.24 bits per heavy atom. The van der Waals surface area contributed by atoms with Gasteiger partial charge in [0.2, 0.25) is 5.60 Å². The van der Waals surface area contributed by atoms with Gasteiger partial charge >= 0.3 is 12.1 Å². The van der Waals surface area contributed by atoms with E-state index in [1.807, 2.05) is 0 Å². The molecule has 1 heterocycles. The molecule has 2 atom stereocenters. The number of carbonyl (C=O) groups is 1. The molecule has 0 saturated carbocycles. The zero-order valence-corrected chi connectivity index (χ0v) is 16.2. The van der Waals surface area contributed by atoms with E-state index in [2.05, 4.69) is 0 Å². The lowest BCUT2D eigenvalue weighted by molar-refractivity contribution is -0.236. The predicted octanol–water partition coefficient (Wildman–Crippen LogP) is 6.20. The molecule has 1 aliphatic heterocycles. The Bertz CT molecular complexity index is 983. The minimum absolute atomic E-state index is 0.0876. The number of halogens is 5. The highest BCUT2D eigenvalue weighted by atomic mass is 35.5. The summed E-state index contributed by atoms with van der Waals surface area (Å²) in [5.41, 5.74) is -2.75. The molecule has 8 heteroatoms. The first-order valence-electron chi connectivity index (χ1n) is 8.80.